The summed E-state index contributed by atoms with van der Waals surface area (Å²) in [5, 5.41) is 4.08. The van der Waals surface area contributed by atoms with Crippen molar-refractivity contribution in [3.05, 3.63) is 60.3 Å². The molecule has 0 bridgehead atoms. The van der Waals surface area contributed by atoms with E-state index < -0.39 is 10.0 Å². The standard InChI is InChI=1S/C24H29N3O3S/c1-2-14-26-17-13-20-18-21(8-11-23(20)26)25-24(28)12-7-19-5-9-22(10-6-19)31(29,30)27-15-3-4-16-27/h5-6,8-11,13,17-18H,2-4,7,12,14-16H2,1H3,(H,25,28). The summed E-state index contributed by atoms with van der Waals surface area (Å²) in [4.78, 5) is 12.7. The number of sulfonamides is 1. The fraction of sp³-hybridized carbons (Fsp3) is 0.375. The van der Waals surface area contributed by atoms with Crippen LogP contribution in [0.2, 0.25) is 0 Å². The second-order valence-corrected chi connectivity index (χ2v) is 10.0. The Labute approximate surface area is 183 Å². The molecule has 0 unspecified atom stereocenters. The molecule has 1 aliphatic rings. The van der Waals surface area contributed by atoms with Crippen LogP contribution >= 0.6 is 0 Å². The second kappa shape index (κ2) is 9.24. The topological polar surface area (TPSA) is 71.4 Å². The minimum absolute atomic E-state index is 0.0545. The second-order valence-electron chi connectivity index (χ2n) is 8.09. The maximum atomic E-state index is 12.6. The Morgan fingerprint density at radius 1 is 1.03 bits per heavy atom. The van der Waals surface area contributed by atoms with Crippen molar-refractivity contribution in [2.24, 2.45) is 0 Å². The Balaban J connectivity index is 1.34. The van der Waals surface area contributed by atoms with E-state index in [-0.39, 0.29) is 5.91 Å². The monoisotopic (exact) mass is 439 g/mol. The average Bonchev–Trinajstić information content (AvgIpc) is 3.44. The molecule has 1 saturated heterocycles. The molecule has 1 N–H and O–H groups in total. The van der Waals surface area contributed by atoms with Crippen molar-refractivity contribution in [1.29, 1.82) is 0 Å². The molecule has 0 saturated carbocycles. The van der Waals surface area contributed by atoms with Crippen LogP contribution in [0, 0.1) is 0 Å². The first-order chi connectivity index (χ1) is 15.0. The highest BCUT2D eigenvalue weighted by Gasteiger charge is 2.26. The summed E-state index contributed by atoms with van der Waals surface area (Å²) in [6.45, 7) is 4.33. The van der Waals surface area contributed by atoms with Gasteiger partial charge in [0, 0.05) is 48.8 Å². The van der Waals surface area contributed by atoms with Gasteiger partial charge in [-0.2, -0.15) is 4.31 Å². The van der Waals surface area contributed by atoms with Crippen LogP contribution in [-0.4, -0.2) is 36.3 Å². The van der Waals surface area contributed by atoms with E-state index in [0.717, 1.165) is 42.4 Å². The van der Waals surface area contributed by atoms with Crippen molar-refractivity contribution in [3.8, 4) is 0 Å². The van der Waals surface area contributed by atoms with Gasteiger partial charge in [0.15, 0.2) is 0 Å². The first-order valence-corrected chi connectivity index (χ1v) is 12.4. The van der Waals surface area contributed by atoms with Crippen LogP contribution in [-0.2, 0) is 27.8 Å². The van der Waals surface area contributed by atoms with E-state index in [9.17, 15) is 13.2 Å². The maximum Gasteiger partial charge on any atom is 0.243 e. The number of fused-ring (bicyclic) bond motifs is 1. The van der Waals surface area contributed by atoms with E-state index in [2.05, 4.69) is 29.1 Å². The predicted octanol–water partition coefficient (Wildman–Crippen LogP) is 4.41. The molecule has 3 aromatic rings. The summed E-state index contributed by atoms with van der Waals surface area (Å²) in [5.74, 6) is -0.0545. The molecule has 0 spiro atoms. The van der Waals surface area contributed by atoms with Gasteiger partial charge in [-0.25, -0.2) is 8.42 Å². The maximum absolute atomic E-state index is 12.6. The van der Waals surface area contributed by atoms with E-state index in [1.54, 1.807) is 28.6 Å². The molecule has 2 aromatic carbocycles. The van der Waals surface area contributed by atoms with Gasteiger partial charge in [0.1, 0.15) is 0 Å². The summed E-state index contributed by atoms with van der Waals surface area (Å²) in [6, 6.07) is 14.9. The molecule has 4 rings (SSSR count). The molecule has 0 atom stereocenters. The Morgan fingerprint density at radius 2 is 1.77 bits per heavy atom. The zero-order valence-corrected chi connectivity index (χ0v) is 18.7. The van der Waals surface area contributed by atoms with Gasteiger partial charge in [-0.05, 0) is 67.6 Å². The lowest BCUT2D eigenvalue weighted by Crippen LogP contribution is -2.27. The molecule has 0 radical (unpaired) electrons. The smallest absolute Gasteiger partial charge is 0.243 e. The lowest BCUT2D eigenvalue weighted by atomic mass is 10.1. The first kappa shape index (κ1) is 21.6. The highest BCUT2D eigenvalue weighted by Crippen LogP contribution is 2.23. The van der Waals surface area contributed by atoms with Crippen LogP contribution in [0.15, 0.2) is 59.6 Å². The van der Waals surface area contributed by atoms with Gasteiger partial charge in [0.25, 0.3) is 0 Å². The van der Waals surface area contributed by atoms with Crippen molar-refractivity contribution in [3.63, 3.8) is 0 Å². The van der Waals surface area contributed by atoms with Crippen molar-refractivity contribution < 1.29 is 13.2 Å². The molecule has 0 aliphatic carbocycles. The highest BCUT2D eigenvalue weighted by atomic mass is 32.2. The van der Waals surface area contributed by atoms with Gasteiger partial charge < -0.3 is 9.88 Å². The van der Waals surface area contributed by atoms with Crippen molar-refractivity contribution in [2.75, 3.05) is 18.4 Å². The number of carbonyl (C=O) groups is 1. The predicted molar refractivity (Wildman–Crippen MR) is 124 cm³/mol. The summed E-state index contributed by atoms with van der Waals surface area (Å²) in [6.07, 6.45) is 5.90. The third-order valence-electron chi connectivity index (χ3n) is 5.79. The quantitative estimate of drug-likeness (QED) is 0.565. The highest BCUT2D eigenvalue weighted by molar-refractivity contribution is 7.89. The normalized spacial score (nSPS) is 14.9. The van der Waals surface area contributed by atoms with Crippen molar-refractivity contribution in [2.45, 2.75) is 50.5 Å². The van der Waals surface area contributed by atoms with Gasteiger partial charge in [-0.15, -0.1) is 0 Å². The molecule has 1 amide bonds. The largest absolute Gasteiger partial charge is 0.347 e. The zero-order chi connectivity index (χ0) is 21.8. The first-order valence-electron chi connectivity index (χ1n) is 11.0. The number of hydrogen-bond acceptors (Lipinski definition) is 3. The van der Waals surface area contributed by atoms with Gasteiger partial charge in [-0.1, -0.05) is 19.1 Å². The number of benzene rings is 2. The van der Waals surface area contributed by atoms with Gasteiger partial charge >= 0.3 is 0 Å². The number of amides is 1. The summed E-state index contributed by atoms with van der Waals surface area (Å²) < 4.78 is 29.0. The fourth-order valence-corrected chi connectivity index (χ4v) is 5.62. The average molecular weight is 440 g/mol. The molecule has 164 valence electrons. The third-order valence-corrected chi connectivity index (χ3v) is 7.70. The molecule has 2 heterocycles. The Bertz CT molecular complexity index is 1160. The number of aryl methyl sites for hydroxylation is 2. The Morgan fingerprint density at radius 3 is 2.48 bits per heavy atom. The number of hydrogen-bond donors (Lipinski definition) is 1. The molecule has 1 aliphatic heterocycles. The zero-order valence-electron chi connectivity index (χ0n) is 17.9. The number of nitrogens with zero attached hydrogens (tertiary/aromatic N) is 2. The summed E-state index contributed by atoms with van der Waals surface area (Å²) in [7, 11) is -3.40. The van der Waals surface area contributed by atoms with Crippen LogP contribution < -0.4 is 5.32 Å². The number of anilines is 1. The van der Waals surface area contributed by atoms with Gasteiger partial charge in [0.2, 0.25) is 15.9 Å². The fourth-order valence-electron chi connectivity index (χ4n) is 4.10. The Kier molecular flexibility index (Phi) is 6.43. The third kappa shape index (κ3) is 4.83. The van der Waals surface area contributed by atoms with E-state index in [1.807, 2.05) is 18.2 Å². The van der Waals surface area contributed by atoms with E-state index in [4.69, 9.17) is 0 Å². The minimum atomic E-state index is -3.40. The van der Waals surface area contributed by atoms with Crippen LogP contribution in [0.25, 0.3) is 10.9 Å². The lowest BCUT2D eigenvalue weighted by molar-refractivity contribution is -0.116. The summed E-state index contributed by atoms with van der Waals surface area (Å²) >= 11 is 0. The molecule has 31 heavy (non-hydrogen) atoms. The molecular formula is C24H29N3O3S. The number of aromatic nitrogens is 1. The lowest BCUT2D eigenvalue weighted by Gasteiger charge is -2.15. The SMILES string of the molecule is CCCn1ccc2cc(NC(=O)CCc3ccc(S(=O)(=O)N4CCCC4)cc3)ccc21. The van der Waals surface area contributed by atoms with Crippen LogP contribution in [0.4, 0.5) is 5.69 Å². The molecule has 7 heteroatoms. The van der Waals surface area contributed by atoms with E-state index in [1.165, 1.54) is 5.52 Å². The number of rotatable bonds is 8. The number of nitrogens with one attached hydrogen (secondary N) is 1. The van der Waals surface area contributed by atoms with Crippen LogP contribution in [0.1, 0.15) is 38.2 Å². The van der Waals surface area contributed by atoms with Gasteiger partial charge in [0.05, 0.1) is 4.90 Å². The summed E-state index contributed by atoms with van der Waals surface area (Å²) in [5.41, 5.74) is 2.91. The molecule has 6 nitrogen and oxygen atoms in total. The van der Waals surface area contributed by atoms with E-state index in [0.29, 0.717) is 30.8 Å². The van der Waals surface area contributed by atoms with Crippen molar-refractivity contribution in [1.82, 2.24) is 8.87 Å². The van der Waals surface area contributed by atoms with Crippen LogP contribution in [0.5, 0.6) is 0 Å². The Hall–Kier alpha value is -2.64. The minimum Gasteiger partial charge on any atom is -0.347 e. The van der Waals surface area contributed by atoms with Gasteiger partial charge in [-0.3, -0.25) is 4.79 Å². The molecular weight excluding hydrogens is 410 g/mol. The van der Waals surface area contributed by atoms with Crippen molar-refractivity contribution >= 4 is 32.5 Å². The molecule has 1 fully saturated rings. The van der Waals surface area contributed by atoms with Crippen LogP contribution in [0.3, 0.4) is 0 Å². The number of carbonyl (C=O) groups excluding carboxylic acids is 1. The molecule has 1 aromatic heterocycles. The van der Waals surface area contributed by atoms with E-state index >= 15 is 0 Å².